The molecule has 16 heavy (non-hydrogen) atoms. The number of hydrogen-bond donors (Lipinski definition) is 0. The van der Waals surface area contributed by atoms with Gasteiger partial charge in [-0.05, 0) is 28.1 Å². The molecule has 82 valence electrons. The van der Waals surface area contributed by atoms with E-state index in [1.54, 1.807) is 19.2 Å². The predicted octanol–water partition coefficient (Wildman–Crippen LogP) is 2.58. The quantitative estimate of drug-likeness (QED) is 0.856. The number of nitrogens with zero attached hydrogens (tertiary/aromatic N) is 3. The maximum Gasteiger partial charge on any atom is 0.259 e. The fourth-order valence-electron chi connectivity index (χ4n) is 1.20. The Morgan fingerprint density at radius 3 is 2.56 bits per heavy atom. The molecular weight excluding hydrogens is 290 g/mol. The summed E-state index contributed by atoms with van der Waals surface area (Å²) in [4.78, 5) is 13.5. The summed E-state index contributed by atoms with van der Waals surface area (Å²) >= 11 is 4.53. The van der Waals surface area contributed by atoms with Crippen LogP contribution in [0, 0.1) is 0 Å². The largest absolute Gasteiger partial charge is 0.286 e. The summed E-state index contributed by atoms with van der Waals surface area (Å²) in [5.74, 6) is -0.0933. The minimum atomic E-state index is -0.0933. The Balaban J connectivity index is 2.23. The van der Waals surface area contributed by atoms with E-state index >= 15 is 0 Å². The van der Waals surface area contributed by atoms with Crippen LogP contribution in [-0.2, 0) is 0 Å². The molecule has 0 spiro atoms. The molecule has 6 heteroatoms. The smallest absolute Gasteiger partial charge is 0.259 e. The Morgan fingerprint density at radius 1 is 1.31 bits per heavy atom. The van der Waals surface area contributed by atoms with Gasteiger partial charge in [0.25, 0.3) is 5.91 Å². The van der Waals surface area contributed by atoms with Crippen LogP contribution in [-0.4, -0.2) is 23.2 Å². The van der Waals surface area contributed by atoms with Gasteiger partial charge in [-0.15, -0.1) is 10.2 Å². The summed E-state index contributed by atoms with van der Waals surface area (Å²) in [6.45, 7) is 0. The highest BCUT2D eigenvalue weighted by Gasteiger charge is 2.16. The van der Waals surface area contributed by atoms with Crippen LogP contribution in [0.1, 0.15) is 10.4 Å². The van der Waals surface area contributed by atoms with Crippen molar-refractivity contribution in [2.75, 3.05) is 11.9 Å². The zero-order valence-corrected chi connectivity index (χ0v) is 10.8. The average Bonchev–Trinajstić information content (AvgIpc) is 2.75. The van der Waals surface area contributed by atoms with Crippen molar-refractivity contribution in [3.8, 4) is 0 Å². The van der Waals surface area contributed by atoms with Crippen molar-refractivity contribution in [1.29, 1.82) is 0 Å². The van der Waals surface area contributed by atoms with E-state index in [9.17, 15) is 4.79 Å². The molecule has 0 aliphatic rings. The van der Waals surface area contributed by atoms with E-state index in [1.807, 2.05) is 18.2 Å². The van der Waals surface area contributed by atoms with E-state index in [1.165, 1.54) is 16.2 Å². The SMILES string of the molecule is CN(C(=O)c1ccccc1)c1nnc(Br)s1. The fraction of sp³-hybridized carbons (Fsp3) is 0.100. The third kappa shape index (κ3) is 2.28. The molecule has 1 aromatic heterocycles. The van der Waals surface area contributed by atoms with Crippen LogP contribution >= 0.6 is 27.3 Å². The highest BCUT2D eigenvalue weighted by Crippen LogP contribution is 2.24. The maximum atomic E-state index is 12.0. The Bertz CT molecular complexity index is 500. The number of halogens is 1. The number of carbonyl (C=O) groups excluding carboxylic acids is 1. The van der Waals surface area contributed by atoms with Crippen molar-refractivity contribution < 1.29 is 4.79 Å². The number of rotatable bonds is 2. The van der Waals surface area contributed by atoms with Crippen molar-refractivity contribution >= 4 is 38.3 Å². The Morgan fingerprint density at radius 2 is 2.00 bits per heavy atom. The van der Waals surface area contributed by atoms with E-state index in [-0.39, 0.29) is 5.91 Å². The van der Waals surface area contributed by atoms with E-state index in [2.05, 4.69) is 26.1 Å². The minimum absolute atomic E-state index is 0.0933. The van der Waals surface area contributed by atoms with Gasteiger partial charge in [0.15, 0.2) is 3.92 Å². The van der Waals surface area contributed by atoms with Crippen molar-refractivity contribution in [2.45, 2.75) is 0 Å². The first-order valence-electron chi connectivity index (χ1n) is 4.50. The second-order valence-corrected chi connectivity index (χ2v) is 5.30. The van der Waals surface area contributed by atoms with E-state index in [0.29, 0.717) is 14.6 Å². The fourth-order valence-corrected chi connectivity index (χ4v) is 2.24. The molecular formula is C10H8BrN3OS. The molecule has 0 bridgehead atoms. The zero-order chi connectivity index (χ0) is 11.5. The topological polar surface area (TPSA) is 46.1 Å². The number of hydrogen-bond acceptors (Lipinski definition) is 4. The lowest BCUT2D eigenvalue weighted by atomic mass is 10.2. The number of aromatic nitrogens is 2. The maximum absolute atomic E-state index is 12.0. The van der Waals surface area contributed by atoms with Gasteiger partial charge in [-0.2, -0.15) is 0 Å². The first-order chi connectivity index (χ1) is 7.68. The van der Waals surface area contributed by atoms with Crippen molar-refractivity contribution in [3.05, 3.63) is 39.8 Å². The van der Waals surface area contributed by atoms with Crippen LogP contribution in [0.5, 0.6) is 0 Å². The van der Waals surface area contributed by atoms with Gasteiger partial charge in [-0.3, -0.25) is 9.69 Å². The van der Waals surface area contributed by atoms with Gasteiger partial charge in [0, 0.05) is 12.6 Å². The highest BCUT2D eigenvalue weighted by atomic mass is 79.9. The lowest BCUT2D eigenvalue weighted by molar-refractivity contribution is 0.0993. The summed E-state index contributed by atoms with van der Waals surface area (Å²) in [6, 6.07) is 9.08. The number of carbonyl (C=O) groups is 1. The van der Waals surface area contributed by atoms with Gasteiger partial charge in [-0.25, -0.2) is 0 Å². The summed E-state index contributed by atoms with van der Waals surface area (Å²) in [6.07, 6.45) is 0. The van der Waals surface area contributed by atoms with Gasteiger partial charge in [0.1, 0.15) is 0 Å². The molecule has 1 aromatic carbocycles. The molecule has 0 saturated carbocycles. The molecule has 1 heterocycles. The average molecular weight is 298 g/mol. The van der Waals surface area contributed by atoms with Crippen molar-refractivity contribution in [3.63, 3.8) is 0 Å². The number of amides is 1. The Hall–Kier alpha value is -1.27. The number of anilines is 1. The molecule has 0 radical (unpaired) electrons. The van der Waals surface area contributed by atoms with Gasteiger partial charge >= 0.3 is 0 Å². The van der Waals surface area contributed by atoms with Crippen LogP contribution in [0.3, 0.4) is 0 Å². The lowest BCUT2D eigenvalue weighted by Crippen LogP contribution is -2.25. The molecule has 4 nitrogen and oxygen atoms in total. The summed E-state index contributed by atoms with van der Waals surface area (Å²) in [7, 11) is 1.68. The second-order valence-electron chi connectivity index (χ2n) is 3.07. The van der Waals surface area contributed by atoms with Crippen molar-refractivity contribution in [2.24, 2.45) is 0 Å². The van der Waals surface area contributed by atoms with Gasteiger partial charge < -0.3 is 0 Å². The molecule has 0 saturated heterocycles. The third-order valence-electron chi connectivity index (χ3n) is 2.00. The first kappa shape index (κ1) is 11.2. The molecule has 0 aliphatic heterocycles. The highest BCUT2D eigenvalue weighted by molar-refractivity contribution is 9.11. The molecule has 0 N–H and O–H groups in total. The molecule has 0 aliphatic carbocycles. The predicted molar refractivity (Wildman–Crippen MR) is 66.8 cm³/mol. The van der Waals surface area contributed by atoms with Crippen LogP contribution in [0.2, 0.25) is 0 Å². The molecule has 0 unspecified atom stereocenters. The molecule has 2 rings (SSSR count). The normalized spacial score (nSPS) is 10.1. The van der Waals surface area contributed by atoms with E-state index in [4.69, 9.17) is 0 Å². The first-order valence-corrected chi connectivity index (χ1v) is 6.11. The molecule has 1 amide bonds. The minimum Gasteiger partial charge on any atom is -0.286 e. The van der Waals surface area contributed by atoms with Gasteiger partial charge in [-0.1, -0.05) is 29.5 Å². The number of benzene rings is 1. The molecule has 0 atom stereocenters. The van der Waals surface area contributed by atoms with Gasteiger partial charge in [0.2, 0.25) is 5.13 Å². The summed E-state index contributed by atoms with van der Waals surface area (Å²) in [5.41, 5.74) is 0.635. The van der Waals surface area contributed by atoms with E-state index in [0.717, 1.165) is 0 Å². The van der Waals surface area contributed by atoms with Crippen LogP contribution in [0.25, 0.3) is 0 Å². The Labute approximate surface area is 105 Å². The molecule has 2 aromatic rings. The van der Waals surface area contributed by atoms with Crippen LogP contribution < -0.4 is 4.90 Å². The van der Waals surface area contributed by atoms with Crippen LogP contribution in [0.4, 0.5) is 5.13 Å². The standard InChI is InChI=1S/C10H8BrN3OS/c1-14(10-13-12-9(11)16-10)8(15)7-5-3-2-4-6-7/h2-6H,1H3. The van der Waals surface area contributed by atoms with Gasteiger partial charge in [0.05, 0.1) is 0 Å². The Kier molecular flexibility index (Phi) is 3.31. The second kappa shape index (κ2) is 4.71. The summed E-state index contributed by atoms with van der Waals surface area (Å²) < 4.78 is 0.662. The van der Waals surface area contributed by atoms with E-state index < -0.39 is 0 Å². The lowest BCUT2D eigenvalue weighted by Gasteiger charge is -2.12. The monoisotopic (exact) mass is 297 g/mol. The third-order valence-corrected chi connectivity index (χ3v) is 3.43. The zero-order valence-electron chi connectivity index (χ0n) is 8.42. The van der Waals surface area contributed by atoms with Crippen molar-refractivity contribution in [1.82, 2.24) is 10.2 Å². The summed E-state index contributed by atoms with van der Waals surface area (Å²) in [5, 5.41) is 8.26. The molecule has 0 fully saturated rings. The van der Waals surface area contributed by atoms with Crippen LogP contribution in [0.15, 0.2) is 34.2 Å².